The average molecular weight is 278 g/mol. The molecule has 0 radical (unpaired) electrons. The molecule has 0 fully saturated rings. The van der Waals surface area contributed by atoms with Gasteiger partial charge in [0.05, 0.1) is 6.54 Å². The first kappa shape index (κ1) is 12.9. The highest BCUT2D eigenvalue weighted by Gasteiger charge is 2.54. The Labute approximate surface area is 76.6 Å². The van der Waals surface area contributed by atoms with Crippen LogP contribution in [-0.4, -0.2) is 29.1 Å². The van der Waals surface area contributed by atoms with Crippen LogP contribution in [0, 0.1) is 0 Å². The Bertz CT molecular complexity index is 147. The van der Waals surface area contributed by atoms with E-state index in [0.717, 1.165) is 0 Å². The van der Waals surface area contributed by atoms with Gasteiger partial charge in [0.1, 0.15) is 0 Å². The number of hydrogen-bond donors (Lipinski definition) is 0. The highest BCUT2D eigenvalue weighted by atomic mass is 79.9. The molecule has 13 heavy (non-hydrogen) atoms. The molecular formula is C4H3BrF7N. The summed E-state index contributed by atoms with van der Waals surface area (Å²) in [6.07, 6.45) is -11.3. The van der Waals surface area contributed by atoms with Crippen LogP contribution in [0.4, 0.5) is 30.7 Å². The number of nitrogens with zero attached hydrogens (tertiary/aromatic N) is 1. The smallest absolute Gasteiger partial charge is 0.234 e. The maximum Gasteiger partial charge on any atom is 0.467 e. The molecule has 1 atom stereocenters. The van der Waals surface area contributed by atoms with Crippen molar-refractivity contribution in [2.24, 2.45) is 0 Å². The summed E-state index contributed by atoms with van der Waals surface area (Å²) in [4.78, 5) is -1.85. The number of rotatable bonds is 2. The Morgan fingerprint density at radius 1 is 1.00 bits per heavy atom. The molecular weight excluding hydrogens is 275 g/mol. The van der Waals surface area contributed by atoms with Gasteiger partial charge in [0.15, 0.2) is 5.08 Å². The Morgan fingerprint density at radius 2 is 1.31 bits per heavy atom. The van der Waals surface area contributed by atoms with Gasteiger partial charge in [0.2, 0.25) is 0 Å². The Balaban J connectivity index is 4.58. The third-order valence-corrected chi connectivity index (χ3v) is 1.22. The largest absolute Gasteiger partial charge is 0.467 e. The fourth-order valence-corrected chi connectivity index (χ4v) is 0.778. The van der Waals surface area contributed by atoms with Crippen LogP contribution in [-0.2, 0) is 0 Å². The van der Waals surface area contributed by atoms with Gasteiger partial charge in [-0.25, -0.2) is 4.39 Å². The van der Waals surface area contributed by atoms with Gasteiger partial charge in [-0.1, -0.05) is 15.9 Å². The zero-order valence-corrected chi connectivity index (χ0v) is 7.34. The average Bonchev–Trinajstić information content (AvgIpc) is 1.77. The van der Waals surface area contributed by atoms with E-state index in [-0.39, 0.29) is 0 Å². The van der Waals surface area contributed by atoms with Crippen molar-refractivity contribution in [1.29, 1.82) is 0 Å². The fourth-order valence-electron chi connectivity index (χ4n) is 0.489. The van der Waals surface area contributed by atoms with E-state index in [1.807, 2.05) is 15.9 Å². The van der Waals surface area contributed by atoms with Crippen LogP contribution < -0.4 is 0 Å². The standard InChI is InChI=1S/C4H3BrF7N/c5-2(6)1-13(3(7,8)9)4(10,11)12/h2H,1H2. The van der Waals surface area contributed by atoms with E-state index in [4.69, 9.17) is 0 Å². The summed E-state index contributed by atoms with van der Waals surface area (Å²) in [5.41, 5.74) is 0. The second-order valence-corrected chi connectivity index (χ2v) is 2.93. The highest BCUT2D eigenvalue weighted by Crippen LogP contribution is 2.34. The topological polar surface area (TPSA) is 3.24 Å². The van der Waals surface area contributed by atoms with Crippen molar-refractivity contribution in [3.05, 3.63) is 0 Å². The molecule has 9 heteroatoms. The van der Waals surface area contributed by atoms with Gasteiger partial charge in [0.25, 0.3) is 0 Å². The first-order chi connectivity index (χ1) is 5.55. The lowest BCUT2D eigenvalue weighted by atomic mass is 10.6. The molecule has 0 aliphatic heterocycles. The lowest BCUT2D eigenvalue weighted by molar-refractivity contribution is -0.373. The molecule has 0 amide bonds. The Morgan fingerprint density at radius 3 is 1.38 bits per heavy atom. The van der Waals surface area contributed by atoms with E-state index >= 15 is 0 Å². The summed E-state index contributed by atoms with van der Waals surface area (Å²) >= 11 is 1.95. The SMILES string of the molecule is FC(Br)CN(C(F)(F)F)C(F)(F)F. The van der Waals surface area contributed by atoms with Crippen LogP contribution in [0.25, 0.3) is 0 Å². The Hall–Kier alpha value is -0.0500. The van der Waals surface area contributed by atoms with Gasteiger partial charge >= 0.3 is 12.6 Å². The molecule has 0 aromatic rings. The van der Waals surface area contributed by atoms with Crippen molar-refractivity contribution in [2.45, 2.75) is 17.7 Å². The molecule has 0 heterocycles. The van der Waals surface area contributed by atoms with Crippen molar-refractivity contribution in [2.75, 3.05) is 6.54 Å². The number of halogens is 8. The maximum atomic E-state index is 11.9. The summed E-state index contributed by atoms with van der Waals surface area (Å²) in [6.45, 7) is -1.83. The molecule has 80 valence electrons. The fraction of sp³-hybridized carbons (Fsp3) is 1.00. The van der Waals surface area contributed by atoms with E-state index in [0.29, 0.717) is 0 Å². The van der Waals surface area contributed by atoms with Gasteiger partial charge < -0.3 is 0 Å². The van der Waals surface area contributed by atoms with Crippen molar-refractivity contribution < 1.29 is 30.7 Å². The molecule has 0 aliphatic carbocycles. The molecule has 1 nitrogen and oxygen atoms in total. The van der Waals surface area contributed by atoms with Gasteiger partial charge in [0, 0.05) is 0 Å². The van der Waals surface area contributed by atoms with Gasteiger partial charge in [-0.2, -0.15) is 26.3 Å². The van der Waals surface area contributed by atoms with E-state index < -0.39 is 29.1 Å². The number of alkyl halides is 8. The quantitative estimate of drug-likeness (QED) is 0.426. The molecule has 0 aromatic carbocycles. The van der Waals surface area contributed by atoms with Crippen LogP contribution in [0.2, 0.25) is 0 Å². The summed E-state index contributed by atoms with van der Waals surface area (Å²) in [7, 11) is 0. The summed E-state index contributed by atoms with van der Waals surface area (Å²) in [5.74, 6) is 0. The highest BCUT2D eigenvalue weighted by molar-refractivity contribution is 9.09. The zero-order valence-electron chi connectivity index (χ0n) is 5.76. The third-order valence-electron chi connectivity index (χ3n) is 0.933. The monoisotopic (exact) mass is 277 g/mol. The molecule has 1 unspecified atom stereocenters. The minimum atomic E-state index is -5.63. The van der Waals surface area contributed by atoms with Crippen LogP contribution in [0.5, 0.6) is 0 Å². The summed E-state index contributed by atoms with van der Waals surface area (Å²) in [6, 6.07) is 0. The molecule has 0 N–H and O–H groups in total. The molecule has 0 saturated carbocycles. The summed E-state index contributed by atoms with van der Waals surface area (Å²) in [5, 5.41) is -2.39. The van der Waals surface area contributed by atoms with Crippen molar-refractivity contribution in [1.82, 2.24) is 4.90 Å². The molecule has 0 saturated heterocycles. The summed E-state index contributed by atoms with van der Waals surface area (Å²) < 4.78 is 81.5. The van der Waals surface area contributed by atoms with E-state index in [1.165, 1.54) is 0 Å². The van der Waals surface area contributed by atoms with Crippen LogP contribution in [0.1, 0.15) is 0 Å². The lowest BCUT2D eigenvalue weighted by Crippen LogP contribution is -2.49. The van der Waals surface area contributed by atoms with Gasteiger partial charge in [-0.15, -0.1) is 4.90 Å². The third kappa shape index (κ3) is 4.65. The van der Waals surface area contributed by atoms with E-state index in [1.54, 1.807) is 0 Å². The zero-order chi connectivity index (χ0) is 10.9. The first-order valence-electron chi connectivity index (χ1n) is 2.74. The van der Waals surface area contributed by atoms with Crippen LogP contribution >= 0.6 is 15.9 Å². The first-order valence-corrected chi connectivity index (χ1v) is 3.66. The van der Waals surface area contributed by atoms with E-state index in [9.17, 15) is 30.7 Å². The van der Waals surface area contributed by atoms with Crippen molar-refractivity contribution >= 4 is 15.9 Å². The Kier molecular flexibility index (Phi) is 3.97. The van der Waals surface area contributed by atoms with Crippen molar-refractivity contribution in [3.8, 4) is 0 Å². The predicted molar refractivity (Wildman–Crippen MR) is 32.6 cm³/mol. The van der Waals surface area contributed by atoms with Gasteiger partial charge in [-0.3, -0.25) is 0 Å². The molecule has 0 bridgehead atoms. The minimum absolute atomic E-state index is 1.83. The molecule has 0 aromatic heterocycles. The van der Waals surface area contributed by atoms with Crippen LogP contribution in [0.3, 0.4) is 0 Å². The minimum Gasteiger partial charge on any atom is -0.234 e. The molecule has 0 aliphatic rings. The lowest BCUT2D eigenvalue weighted by Gasteiger charge is -2.26. The number of hydrogen-bond acceptors (Lipinski definition) is 1. The molecule has 0 rings (SSSR count). The van der Waals surface area contributed by atoms with Gasteiger partial charge in [-0.05, 0) is 0 Å². The predicted octanol–water partition coefficient (Wildman–Crippen LogP) is 3.02. The van der Waals surface area contributed by atoms with Crippen LogP contribution in [0.15, 0.2) is 0 Å². The normalized spacial score (nSPS) is 16.4. The second kappa shape index (κ2) is 3.99. The second-order valence-electron chi connectivity index (χ2n) is 1.94. The molecule has 0 spiro atoms. The van der Waals surface area contributed by atoms with E-state index in [2.05, 4.69) is 0 Å². The maximum absolute atomic E-state index is 11.9. The van der Waals surface area contributed by atoms with Crippen molar-refractivity contribution in [3.63, 3.8) is 0 Å².